The first kappa shape index (κ1) is 12.2. The maximum atomic E-state index is 11.7. The molecule has 0 amide bonds. The van der Waals surface area contributed by atoms with E-state index < -0.39 is 10.0 Å². The van der Waals surface area contributed by atoms with E-state index in [4.69, 9.17) is 16.3 Å². The highest BCUT2D eigenvalue weighted by Crippen LogP contribution is 2.15. The lowest BCUT2D eigenvalue weighted by Crippen LogP contribution is -2.35. The largest absolute Gasteiger partial charge is 0.377 e. The summed E-state index contributed by atoms with van der Waals surface area (Å²) in [5, 5.41) is 0. The van der Waals surface area contributed by atoms with Gasteiger partial charge in [-0.25, -0.2) is 12.7 Å². The summed E-state index contributed by atoms with van der Waals surface area (Å²) in [7, 11) is -1.63. The molecule has 1 aliphatic rings. The molecular formula is C8H16ClNO3S. The first-order chi connectivity index (χ1) is 6.56. The molecule has 0 N–H and O–H groups in total. The summed E-state index contributed by atoms with van der Waals surface area (Å²) in [5.41, 5.74) is 0. The molecule has 0 spiro atoms. The van der Waals surface area contributed by atoms with Crippen LogP contribution >= 0.6 is 11.6 Å². The van der Waals surface area contributed by atoms with Gasteiger partial charge in [-0.15, -0.1) is 11.6 Å². The normalized spacial score (nSPS) is 23.2. The Morgan fingerprint density at radius 2 is 2.29 bits per heavy atom. The van der Waals surface area contributed by atoms with Crippen molar-refractivity contribution in [1.29, 1.82) is 0 Å². The Kier molecular flexibility index (Phi) is 4.63. The van der Waals surface area contributed by atoms with Gasteiger partial charge in [-0.2, -0.15) is 0 Å². The standard InChI is InChI=1S/C8H16ClNO3S/c1-10(5-4-9)14(11,12)7-8-3-2-6-13-8/h8H,2-7H2,1H3. The molecule has 1 unspecified atom stereocenters. The highest BCUT2D eigenvalue weighted by atomic mass is 35.5. The van der Waals surface area contributed by atoms with Crippen LogP contribution in [-0.4, -0.2) is 50.7 Å². The second-order valence-electron chi connectivity index (χ2n) is 3.42. The minimum absolute atomic E-state index is 0.0837. The van der Waals surface area contributed by atoms with Crippen molar-refractivity contribution in [2.24, 2.45) is 0 Å². The molecular weight excluding hydrogens is 226 g/mol. The van der Waals surface area contributed by atoms with Crippen LogP contribution in [0.3, 0.4) is 0 Å². The Morgan fingerprint density at radius 3 is 2.79 bits per heavy atom. The van der Waals surface area contributed by atoms with Gasteiger partial charge in [0.15, 0.2) is 0 Å². The minimum Gasteiger partial charge on any atom is -0.377 e. The summed E-state index contributed by atoms with van der Waals surface area (Å²) >= 11 is 5.48. The third kappa shape index (κ3) is 3.38. The maximum Gasteiger partial charge on any atom is 0.216 e. The molecule has 1 aliphatic heterocycles. The Hall–Kier alpha value is 0.160. The third-order valence-corrected chi connectivity index (χ3v) is 4.39. The molecule has 1 atom stereocenters. The van der Waals surface area contributed by atoms with Crippen LogP contribution in [0.15, 0.2) is 0 Å². The van der Waals surface area contributed by atoms with E-state index in [1.54, 1.807) is 7.05 Å². The van der Waals surface area contributed by atoms with Gasteiger partial charge in [0.25, 0.3) is 0 Å². The van der Waals surface area contributed by atoms with E-state index in [1.807, 2.05) is 0 Å². The van der Waals surface area contributed by atoms with Gasteiger partial charge in [-0.05, 0) is 12.8 Å². The predicted molar refractivity (Wildman–Crippen MR) is 56.1 cm³/mol. The molecule has 0 aromatic rings. The number of hydrogen-bond acceptors (Lipinski definition) is 3. The minimum atomic E-state index is -3.18. The van der Waals surface area contributed by atoms with E-state index in [1.165, 1.54) is 4.31 Å². The Bertz CT molecular complexity index is 262. The van der Waals surface area contributed by atoms with E-state index >= 15 is 0 Å². The molecule has 14 heavy (non-hydrogen) atoms. The van der Waals surface area contributed by atoms with Gasteiger partial charge in [0.1, 0.15) is 0 Å². The van der Waals surface area contributed by atoms with Crippen molar-refractivity contribution in [3.63, 3.8) is 0 Å². The lowest BCUT2D eigenvalue weighted by molar-refractivity contribution is 0.126. The summed E-state index contributed by atoms with van der Waals surface area (Å²) < 4.78 is 29.9. The molecule has 0 radical (unpaired) electrons. The Balaban J connectivity index is 2.47. The summed E-state index contributed by atoms with van der Waals surface area (Å²) in [5.74, 6) is 0.404. The summed E-state index contributed by atoms with van der Waals surface area (Å²) in [6.07, 6.45) is 1.67. The SMILES string of the molecule is CN(CCCl)S(=O)(=O)CC1CCCO1. The van der Waals surface area contributed by atoms with Crippen molar-refractivity contribution in [1.82, 2.24) is 4.31 Å². The van der Waals surface area contributed by atoms with Gasteiger partial charge < -0.3 is 4.74 Å². The topological polar surface area (TPSA) is 46.6 Å². The van der Waals surface area contributed by atoms with Crippen LogP contribution in [0, 0.1) is 0 Å². The van der Waals surface area contributed by atoms with Crippen molar-refractivity contribution < 1.29 is 13.2 Å². The molecule has 84 valence electrons. The monoisotopic (exact) mass is 241 g/mol. The summed E-state index contributed by atoms with van der Waals surface area (Å²) in [6.45, 7) is 1.04. The highest BCUT2D eigenvalue weighted by molar-refractivity contribution is 7.89. The van der Waals surface area contributed by atoms with Crippen LogP contribution in [0.1, 0.15) is 12.8 Å². The van der Waals surface area contributed by atoms with E-state index in [9.17, 15) is 8.42 Å². The van der Waals surface area contributed by atoms with Gasteiger partial charge in [-0.3, -0.25) is 0 Å². The molecule has 1 fully saturated rings. The lowest BCUT2D eigenvalue weighted by Gasteiger charge is -2.18. The first-order valence-corrected chi connectivity index (χ1v) is 6.82. The molecule has 6 heteroatoms. The van der Waals surface area contributed by atoms with Crippen molar-refractivity contribution in [2.75, 3.05) is 31.8 Å². The van der Waals surface area contributed by atoms with Crippen LogP contribution in [0.5, 0.6) is 0 Å². The zero-order chi connectivity index (χ0) is 10.6. The van der Waals surface area contributed by atoms with Crippen LogP contribution < -0.4 is 0 Å². The van der Waals surface area contributed by atoms with E-state index in [0.717, 1.165) is 12.8 Å². The molecule has 0 aromatic heterocycles. The zero-order valence-corrected chi connectivity index (χ0v) is 9.85. The van der Waals surface area contributed by atoms with Gasteiger partial charge in [0, 0.05) is 26.1 Å². The van der Waals surface area contributed by atoms with Crippen LogP contribution in [0.25, 0.3) is 0 Å². The van der Waals surface area contributed by atoms with Crippen molar-refractivity contribution in [2.45, 2.75) is 18.9 Å². The van der Waals surface area contributed by atoms with E-state index in [-0.39, 0.29) is 11.9 Å². The molecule has 0 aliphatic carbocycles. The van der Waals surface area contributed by atoms with Crippen LogP contribution in [-0.2, 0) is 14.8 Å². The quantitative estimate of drug-likeness (QED) is 0.665. The van der Waals surface area contributed by atoms with Crippen molar-refractivity contribution in [3.05, 3.63) is 0 Å². The zero-order valence-electron chi connectivity index (χ0n) is 8.28. The summed E-state index contributed by atoms with van der Waals surface area (Å²) in [6, 6.07) is 0. The molecule has 1 heterocycles. The number of sulfonamides is 1. The number of hydrogen-bond donors (Lipinski definition) is 0. The fourth-order valence-electron chi connectivity index (χ4n) is 1.40. The molecule has 0 aromatic carbocycles. The predicted octanol–water partition coefficient (Wildman–Crippen LogP) is 0.666. The third-order valence-electron chi connectivity index (χ3n) is 2.29. The Morgan fingerprint density at radius 1 is 1.57 bits per heavy atom. The first-order valence-electron chi connectivity index (χ1n) is 4.68. The van der Waals surface area contributed by atoms with Gasteiger partial charge in [-0.1, -0.05) is 0 Å². The molecule has 4 nitrogen and oxygen atoms in total. The smallest absolute Gasteiger partial charge is 0.216 e. The van der Waals surface area contributed by atoms with E-state index in [2.05, 4.69) is 0 Å². The average molecular weight is 242 g/mol. The molecule has 1 rings (SSSR count). The highest BCUT2D eigenvalue weighted by Gasteiger charge is 2.25. The van der Waals surface area contributed by atoms with E-state index in [0.29, 0.717) is 19.0 Å². The van der Waals surface area contributed by atoms with Gasteiger partial charge in [0.2, 0.25) is 10.0 Å². The molecule has 0 bridgehead atoms. The van der Waals surface area contributed by atoms with Crippen molar-refractivity contribution >= 4 is 21.6 Å². The number of ether oxygens (including phenoxy) is 1. The maximum absolute atomic E-state index is 11.7. The fourth-order valence-corrected chi connectivity index (χ4v) is 3.11. The second kappa shape index (κ2) is 5.30. The molecule has 1 saturated heterocycles. The number of nitrogens with zero attached hydrogens (tertiary/aromatic N) is 1. The average Bonchev–Trinajstić information content (AvgIpc) is 2.56. The van der Waals surface area contributed by atoms with Gasteiger partial charge >= 0.3 is 0 Å². The Labute approximate surface area is 90.2 Å². The van der Waals surface area contributed by atoms with Crippen molar-refractivity contribution in [3.8, 4) is 0 Å². The lowest BCUT2D eigenvalue weighted by atomic mass is 10.3. The second-order valence-corrected chi connectivity index (χ2v) is 5.92. The number of alkyl halides is 1. The van der Waals surface area contributed by atoms with Crippen LogP contribution in [0.4, 0.5) is 0 Å². The number of rotatable bonds is 5. The van der Waals surface area contributed by atoms with Gasteiger partial charge in [0.05, 0.1) is 11.9 Å². The molecule has 0 saturated carbocycles. The summed E-state index contributed by atoms with van der Waals surface area (Å²) in [4.78, 5) is 0. The fraction of sp³-hybridized carbons (Fsp3) is 1.00. The number of halogens is 1. The van der Waals surface area contributed by atoms with Crippen LogP contribution in [0.2, 0.25) is 0 Å².